The number of rotatable bonds is 4. The van der Waals surface area contributed by atoms with Crippen molar-refractivity contribution in [2.45, 2.75) is 25.7 Å². The normalized spacial score (nSPS) is 18.3. The zero-order valence-electron chi connectivity index (χ0n) is 14.3. The van der Waals surface area contributed by atoms with Crippen LogP contribution in [0.1, 0.15) is 12.5 Å². The highest BCUT2D eigenvalue weighted by atomic mass is 16.6. The van der Waals surface area contributed by atoms with Gasteiger partial charge in [-0.2, -0.15) is 5.10 Å². The molecule has 0 saturated heterocycles. The Labute approximate surface area is 151 Å². The monoisotopic (exact) mass is 349 g/mol. The van der Waals surface area contributed by atoms with E-state index in [1.165, 1.54) is 0 Å². The van der Waals surface area contributed by atoms with Crippen LogP contribution in [0.25, 0.3) is 0 Å². The molecule has 0 aliphatic carbocycles. The molecule has 4 rings (SSSR count). The van der Waals surface area contributed by atoms with Crippen molar-refractivity contribution in [3.63, 3.8) is 0 Å². The lowest BCUT2D eigenvalue weighted by Gasteiger charge is -2.30. The number of hydrogen-bond acceptors (Lipinski definition) is 4. The van der Waals surface area contributed by atoms with E-state index in [-0.39, 0.29) is 12.0 Å². The number of anilines is 1. The Morgan fingerprint density at radius 2 is 1.77 bits per heavy atom. The van der Waals surface area contributed by atoms with Crippen LogP contribution < -0.4 is 14.8 Å². The Morgan fingerprint density at radius 3 is 2.54 bits per heavy atom. The van der Waals surface area contributed by atoms with Gasteiger partial charge in [0.2, 0.25) is 6.10 Å². The maximum atomic E-state index is 12.6. The van der Waals surface area contributed by atoms with E-state index in [4.69, 9.17) is 9.47 Å². The van der Waals surface area contributed by atoms with Gasteiger partial charge in [0.25, 0.3) is 5.91 Å². The molecule has 132 valence electrons. The molecule has 1 aromatic heterocycles. The number of aromatic nitrogens is 2. The Kier molecular flexibility index (Phi) is 4.31. The topological polar surface area (TPSA) is 65.4 Å². The molecule has 1 N–H and O–H groups in total. The number of benzene rings is 2. The predicted octanol–water partition coefficient (Wildman–Crippen LogP) is 3.10. The lowest BCUT2D eigenvalue weighted by atomic mass is 10.1. The van der Waals surface area contributed by atoms with Crippen molar-refractivity contribution >= 4 is 11.6 Å². The average Bonchev–Trinajstić information content (AvgIpc) is 3.08. The number of nitrogens with zero attached hydrogens (tertiary/aromatic N) is 2. The van der Waals surface area contributed by atoms with Gasteiger partial charge < -0.3 is 14.8 Å². The van der Waals surface area contributed by atoms with Gasteiger partial charge in [-0.15, -0.1) is 0 Å². The molecule has 3 aromatic rings. The second-order valence-corrected chi connectivity index (χ2v) is 6.21. The van der Waals surface area contributed by atoms with Crippen molar-refractivity contribution < 1.29 is 14.3 Å². The molecule has 2 heterocycles. The Morgan fingerprint density at radius 1 is 1.08 bits per heavy atom. The highest BCUT2D eigenvalue weighted by molar-refractivity contribution is 5.94. The first kappa shape index (κ1) is 16.2. The van der Waals surface area contributed by atoms with Gasteiger partial charge in [-0.1, -0.05) is 42.5 Å². The second kappa shape index (κ2) is 6.92. The lowest BCUT2D eigenvalue weighted by Crippen LogP contribution is -2.46. The van der Waals surface area contributed by atoms with E-state index in [0.29, 0.717) is 23.7 Å². The van der Waals surface area contributed by atoms with Gasteiger partial charge in [0, 0.05) is 6.20 Å². The van der Waals surface area contributed by atoms with E-state index >= 15 is 0 Å². The van der Waals surface area contributed by atoms with Gasteiger partial charge in [0.05, 0.1) is 18.4 Å². The molecule has 6 heteroatoms. The number of fused-ring (bicyclic) bond motifs is 1. The number of carbonyl (C=O) groups is 1. The van der Waals surface area contributed by atoms with Gasteiger partial charge in [-0.05, 0) is 24.6 Å². The molecule has 6 nitrogen and oxygen atoms in total. The molecular formula is C20H19N3O3. The number of amides is 1. The maximum absolute atomic E-state index is 12.6. The Hall–Kier alpha value is -3.28. The minimum absolute atomic E-state index is 0.258. The van der Waals surface area contributed by atoms with E-state index in [1.807, 2.05) is 55.5 Å². The van der Waals surface area contributed by atoms with Gasteiger partial charge in [0.15, 0.2) is 11.5 Å². The van der Waals surface area contributed by atoms with Gasteiger partial charge >= 0.3 is 0 Å². The minimum atomic E-state index is -0.720. The van der Waals surface area contributed by atoms with Crippen LogP contribution in [0.2, 0.25) is 0 Å². The SMILES string of the molecule is C[C@H]1Oc2ccccc2O[C@H]1C(=O)Nc1cnn(Cc2ccccc2)c1. The molecule has 26 heavy (non-hydrogen) atoms. The molecule has 1 aliphatic rings. The zero-order valence-corrected chi connectivity index (χ0v) is 14.3. The van der Waals surface area contributed by atoms with Crippen molar-refractivity contribution in [2.75, 3.05) is 5.32 Å². The third-order valence-electron chi connectivity index (χ3n) is 4.19. The molecular weight excluding hydrogens is 330 g/mol. The Bertz CT molecular complexity index is 907. The van der Waals surface area contributed by atoms with Crippen molar-refractivity contribution in [1.82, 2.24) is 9.78 Å². The summed E-state index contributed by atoms with van der Waals surface area (Å²) >= 11 is 0. The van der Waals surface area contributed by atoms with E-state index in [1.54, 1.807) is 23.1 Å². The first-order chi connectivity index (χ1) is 12.7. The highest BCUT2D eigenvalue weighted by Gasteiger charge is 2.34. The van der Waals surface area contributed by atoms with E-state index in [0.717, 1.165) is 5.56 Å². The summed E-state index contributed by atoms with van der Waals surface area (Å²) in [6, 6.07) is 17.4. The smallest absolute Gasteiger partial charge is 0.269 e. The fourth-order valence-electron chi connectivity index (χ4n) is 2.90. The van der Waals surface area contributed by atoms with Crippen molar-refractivity contribution in [3.8, 4) is 11.5 Å². The van der Waals surface area contributed by atoms with E-state index < -0.39 is 6.10 Å². The largest absolute Gasteiger partial charge is 0.482 e. The molecule has 0 unspecified atom stereocenters. The fraction of sp³-hybridized carbons (Fsp3) is 0.200. The Balaban J connectivity index is 1.42. The first-order valence-electron chi connectivity index (χ1n) is 8.48. The van der Waals surface area contributed by atoms with Crippen LogP contribution in [-0.4, -0.2) is 27.9 Å². The van der Waals surface area contributed by atoms with Crippen LogP contribution in [0.4, 0.5) is 5.69 Å². The summed E-state index contributed by atoms with van der Waals surface area (Å²) in [5.41, 5.74) is 1.77. The maximum Gasteiger partial charge on any atom is 0.269 e. The molecule has 0 spiro atoms. The predicted molar refractivity (Wildman–Crippen MR) is 97.3 cm³/mol. The van der Waals surface area contributed by atoms with Crippen LogP contribution in [0.5, 0.6) is 11.5 Å². The number of nitrogens with one attached hydrogen (secondary N) is 1. The zero-order chi connectivity index (χ0) is 17.9. The van der Waals surface area contributed by atoms with Crippen LogP contribution in [0, 0.1) is 0 Å². The first-order valence-corrected chi connectivity index (χ1v) is 8.48. The molecule has 0 saturated carbocycles. The van der Waals surface area contributed by atoms with Crippen LogP contribution >= 0.6 is 0 Å². The molecule has 1 aliphatic heterocycles. The van der Waals surface area contributed by atoms with Crippen LogP contribution in [-0.2, 0) is 11.3 Å². The number of para-hydroxylation sites is 2. The number of ether oxygens (including phenoxy) is 2. The molecule has 0 radical (unpaired) electrons. The standard InChI is InChI=1S/C20H19N3O3/c1-14-19(26-18-10-6-5-9-17(18)25-14)20(24)22-16-11-21-23(13-16)12-15-7-3-2-4-8-15/h2-11,13-14,19H,12H2,1H3,(H,22,24)/t14-,19-/m1/s1. The van der Waals surface area contributed by atoms with Crippen LogP contribution in [0.3, 0.4) is 0 Å². The minimum Gasteiger partial charge on any atom is -0.482 e. The summed E-state index contributed by atoms with van der Waals surface area (Å²) in [6.07, 6.45) is 2.32. The third-order valence-corrected chi connectivity index (χ3v) is 4.19. The third kappa shape index (κ3) is 3.39. The molecule has 1 amide bonds. The van der Waals surface area contributed by atoms with Gasteiger partial charge in [-0.3, -0.25) is 9.48 Å². The van der Waals surface area contributed by atoms with Crippen molar-refractivity contribution in [1.29, 1.82) is 0 Å². The number of carbonyl (C=O) groups excluding carboxylic acids is 1. The van der Waals surface area contributed by atoms with Crippen molar-refractivity contribution in [3.05, 3.63) is 72.6 Å². The summed E-state index contributed by atoms with van der Waals surface area (Å²) in [5, 5.41) is 7.15. The molecule has 2 aromatic carbocycles. The number of hydrogen-bond donors (Lipinski definition) is 1. The molecule has 0 fully saturated rings. The van der Waals surface area contributed by atoms with Crippen LogP contribution in [0.15, 0.2) is 67.0 Å². The molecule has 0 bridgehead atoms. The lowest BCUT2D eigenvalue weighted by molar-refractivity contribution is -0.128. The summed E-state index contributed by atoms with van der Waals surface area (Å²) in [7, 11) is 0. The summed E-state index contributed by atoms with van der Waals surface area (Å²) < 4.78 is 13.4. The quantitative estimate of drug-likeness (QED) is 0.786. The summed E-state index contributed by atoms with van der Waals surface area (Å²) in [4.78, 5) is 12.6. The second-order valence-electron chi connectivity index (χ2n) is 6.21. The van der Waals surface area contributed by atoms with Gasteiger partial charge in [0.1, 0.15) is 6.10 Å². The summed E-state index contributed by atoms with van der Waals surface area (Å²) in [5.74, 6) is 0.969. The highest BCUT2D eigenvalue weighted by Crippen LogP contribution is 2.33. The van der Waals surface area contributed by atoms with E-state index in [9.17, 15) is 4.79 Å². The summed E-state index contributed by atoms with van der Waals surface area (Å²) in [6.45, 7) is 2.46. The average molecular weight is 349 g/mol. The van der Waals surface area contributed by atoms with E-state index in [2.05, 4.69) is 10.4 Å². The van der Waals surface area contributed by atoms with Gasteiger partial charge in [-0.25, -0.2) is 0 Å². The molecule has 2 atom stereocenters. The van der Waals surface area contributed by atoms with Crippen molar-refractivity contribution in [2.24, 2.45) is 0 Å². The fourth-order valence-corrected chi connectivity index (χ4v) is 2.90.